The molecule has 2 aromatic heterocycles. The van der Waals surface area contributed by atoms with Crippen molar-refractivity contribution in [1.29, 1.82) is 0 Å². The highest BCUT2D eigenvalue weighted by Gasteiger charge is 2.51. The van der Waals surface area contributed by atoms with E-state index in [1.165, 1.54) is 61.2 Å². The first kappa shape index (κ1) is 38.6. The van der Waals surface area contributed by atoms with Gasteiger partial charge >= 0.3 is 0 Å². The first-order chi connectivity index (χ1) is 33.2. The molecule has 3 heteroatoms. The molecule has 2 heterocycles. The lowest BCUT2D eigenvalue weighted by Gasteiger charge is -2.30. The quantitative estimate of drug-likeness (QED) is 0.160. The Bertz CT molecular complexity index is 3640. The van der Waals surface area contributed by atoms with Crippen LogP contribution in [0.5, 0.6) is 0 Å². The number of aromatic nitrogens is 3. The largest absolute Gasteiger partial charge is 0.256 e. The molecule has 2 aliphatic rings. The maximum atomic E-state index is 5.17. The van der Waals surface area contributed by atoms with Crippen LogP contribution in [0.3, 0.4) is 0 Å². The Labute approximate surface area is 390 Å². The van der Waals surface area contributed by atoms with Gasteiger partial charge in [0.05, 0.1) is 22.5 Å². The van der Waals surface area contributed by atoms with Crippen molar-refractivity contribution in [3.63, 3.8) is 0 Å². The topological polar surface area (TPSA) is 38.7 Å². The van der Waals surface area contributed by atoms with Gasteiger partial charge in [0.2, 0.25) is 0 Å². The second kappa shape index (κ2) is 15.7. The molecule has 0 bridgehead atoms. The summed E-state index contributed by atoms with van der Waals surface area (Å²) in [5, 5.41) is 0. The Morgan fingerprint density at radius 3 is 1.31 bits per heavy atom. The molecule has 0 aliphatic heterocycles. The first-order valence-corrected chi connectivity index (χ1v) is 22.9. The summed E-state index contributed by atoms with van der Waals surface area (Å²) in [4.78, 5) is 14.8. The van der Waals surface area contributed by atoms with E-state index in [1.54, 1.807) is 0 Å². The van der Waals surface area contributed by atoms with Crippen molar-refractivity contribution in [1.82, 2.24) is 15.0 Å². The fraction of sp³-hybridized carbons (Fsp3) is 0.0156. The molecule has 0 fully saturated rings. The van der Waals surface area contributed by atoms with Crippen molar-refractivity contribution in [3.05, 3.63) is 271 Å². The highest BCUT2D eigenvalue weighted by atomic mass is 14.9. The van der Waals surface area contributed by atoms with Gasteiger partial charge in [-0.05, 0) is 114 Å². The molecule has 0 saturated heterocycles. The molecule has 3 nitrogen and oxygen atoms in total. The molecular weight excluding hydrogens is 811 g/mol. The number of hydrogen-bond donors (Lipinski definition) is 0. The van der Waals surface area contributed by atoms with Crippen LogP contribution in [0.2, 0.25) is 0 Å². The minimum absolute atomic E-state index is 0.377. The molecule has 0 N–H and O–H groups in total. The fourth-order valence-electron chi connectivity index (χ4n) is 10.8. The standard InChI is InChI=1S/C64H41N3/c1-2-16-44(17-3-1)63-66-60(43-35-33-42(34-36-43)59-32-10-11-37-65-59)41-61(67-63)50-23-14-21-48(40-50)46-19-12-18-45(38-46)47-20-13-22-49(39-47)51-27-15-31-58-62(51)54-26-6-9-30-57(54)64(58)55-28-7-4-24-52(55)53-25-5-8-29-56(53)64/h1-41H. The maximum Gasteiger partial charge on any atom is 0.160 e. The summed E-state index contributed by atoms with van der Waals surface area (Å²) in [6.45, 7) is 0. The third-order valence-electron chi connectivity index (χ3n) is 13.8. The summed E-state index contributed by atoms with van der Waals surface area (Å²) in [5.74, 6) is 0.690. The predicted octanol–water partition coefficient (Wildman–Crippen LogP) is 15.9. The molecule has 11 aromatic rings. The van der Waals surface area contributed by atoms with Crippen molar-refractivity contribution in [2.75, 3.05) is 0 Å². The summed E-state index contributed by atoms with van der Waals surface area (Å²) in [5.41, 5.74) is 24.1. The van der Waals surface area contributed by atoms with Crippen molar-refractivity contribution in [3.8, 4) is 101 Å². The SMILES string of the molecule is c1ccc(-c2nc(-c3ccc(-c4ccccn4)cc3)cc(-c3cccc(-c4cccc(-c5cccc(-c6cccc7c6-c6ccccc6C76c7ccccc7-c7ccccc76)c5)c4)c3)n2)cc1. The summed E-state index contributed by atoms with van der Waals surface area (Å²) in [6, 6.07) is 87.5. The first-order valence-electron chi connectivity index (χ1n) is 22.9. The predicted molar refractivity (Wildman–Crippen MR) is 274 cm³/mol. The van der Waals surface area contributed by atoms with Crippen LogP contribution in [0.25, 0.3) is 101 Å². The van der Waals surface area contributed by atoms with E-state index in [0.717, 1.165) is 56.0 Å². The Morgan fingerprint density at radius 1 is 0.254 bits per heavy atom. The molecular formula is C64H41N3. The molecule has 9 aromatic carbocycles. The van der Waals surface area contributed by atoms with E-state index < -0.39 is 0 Å². The van der Waals surface area contributed by atoms with Crippen LogP contribution in [-0.2, 0) is 5.41 Å². The lowest BCUT2D eigenvalue weighted by atomic mass is 9.70. The Kier molecular flexibility index (Phi) is 9.07. The summed E-state index contributed by atoms with van der Waals surface area (Å²) < 4.78 is 0. The van der Waals surface area contributed by atoms with Gasteiger partial charge in [-0.2, -0.15) is 0 Å². The van der Waals surface area contributed by atoms with Crippen LogP contribution in [0.1, 0.15) is 22.3 Å². The van der Waals surface area contributed by atoms with Crippen molar-refractivity contribution >= 4 is 0 Å². The third kappa shape index (κ3) is 6.31. The fourth-order valence-corrected chi connectivity index (χ4v) is 10.8. The van der Waals surface area contributed by atoms with Gasteiger partial charge in [-0.15, -0.1) is 0 Å². The van der Waals surface area contributed by atoms with Crippen LogP contribution < -0.4 is 0 Å². The number of benzene rings is 9. The average Bonchev–Trinajstić information content (AvgIpc) is 3.89. The molecule has 312 valence electrons. The Balaban J connectivity index is 0.872. The van der Waals surface area contributed by atoms with E-state index in [0.29, 0.717) is 5.82 Å². The van der Waals surface area contributed by atoms with Crippen LogP contribution in [0.4, 0.5) is 0 Å². The monoisotopic (exact) mass is 851 g/mol. The highest BCUT2D eigenvalue weighted by molar-refractivity contribution is 6.00. The van der Waals surface area contributed by atoms with Crippen molar-refractivity contribution < 1.29 is 0 Å². The van der Waals surface area contributed by atoms with Gasteiger partial charge in [-0.1, -0.05) is 206 Å². The zero-order valence-electron chi connectivity index (χ0n) is 36.5. The van der Waals surface area contributed by atoms with Gasteiger partial charge in [-0.25, -0.2) is 9.97 Å². The van der Waals surface area contributed by atoms with Gasteiger partial charge in [0.15, 0.2) is 5.82 Å². The zero-order chi connectivity index (χ0) is 44.3. The number of hydrogen-bond acceptors (Lipinski definition) is 3. The van der Waals surface area contributed by atoms with E-state index in [-0.39, 0.29) is 5.41 Å². The Morgan fingerprint density at radius 2 is 0.687 bits per heavy atom. The molecule has 2 aliphatic carbocycles. The number of rotatable bonds is 7. The number of fused-ring (bicyclic) bond motifs is 10. The van der Waals surface area contributed by atoms with Crippen LogP contribution in [0, 0.1) is 0 Å². The molecule has 13 rings (SSSR count). The van der Waals surface area contributed by atoms with E-state index in [4.69, 9.17) is 9.97 Å². The second-order valence-electron chi connectivity index (χ2n) is 17.5. The van der Waals surface area contributed by atoms with Gasteiger partial charge < -0.3 is 0 Å². The lowest BCUT2D eigenvalue weighted by Crippen LogP contribution is -2.25. The zero-order valence-corrected chi connectivity index (χ0v) is 36.5. The number of pyridine rings is 1. The molecule has 0 unspecified atom stereocenters. The van der Waals surface area contributed by atoms with Crippen molar-refractivity contribution in [2.24, 2.45) is 0 Å². The molecule has 0 amide bonds. The van der Waals surface area contributed by atoms with Gasteiger partial charge in [-0.3, -0.25) is 4.98 Å². The summed E-state index contributed by atoms with van der Waals surface area (Å²) >= 11 is 0. The Hall–Kier alpha value is -8.79. The third-order valence-corrected chi connectivity index (χ3v) is 13.8. The van der Waals surface area contributed by atoms with E-state index >= 15 is 0 Å². The van der Waals surface area contributed by atoms with E-state index in [9.17, 15) is 0 Å². The van der Waals surface area contributed by atoms with Gasteiger partial charge in [0.25, 0.3) is 0 Å². The van der Waals surface area contributed by atoms with E-state index in [2.05, 4.69) is 211 Å². The smallest absolute Gasteiger partial charge is 0.160 e. The normalized spacial score (nSPS) is 12.6. The summed E-state index contributed by atoms with van der Waals surface area (Å²) in [7, 11) is 0. The van der Waals surface area contributed by atoms with Crippen LogP contribution >= 0.6 is 0 Å². The van der Waals surface area contributed by atoms with Crippen LogP contribution in [0.15, 0.2) is 249 Å². The molecule has 0 radical (unpaired) electrons. The van der Waals surface area contributed by atoms with E-state index in [1.807, 2.05) is 42.6 Å². The summed E-state index contributed by atoms with van der Waals surface area (Å²) in [6.07, 6.45) is 1.83. The maximum absolute atomic E-state index is 5.17. The molecule has 1 spiro atoms. The minimum atomic E-state index is -0.377. The second-order valence-corrected chi connectivity index (χ2v) is 17.5. The van der Waals surface area contributed by atoms with Gasteiger partial charge in [0, 0.05) is 28.5 Å². The molecule has 0 saturated carbocycles. The highest BCUT2D eigenvalue weighted by Crippen LogP contribution is 2.64. The number of nitrogens with zero attached hydrogens (tertiary/aromatic N) is 3. The molecule has 67 heavy (non-hydrogen) atoms. The van der Waals surface area contributed by atoms with Gasteiger partial charge in [0.1, 0.15) is 0 Å². The lowest BCUT2D eigenvalue weighted by molar-refractivity contribution is 0.794. The van der Waals surface area contributed by atoms with Crippen LogP contribution in [-0.4, -0.2) is 15.0 Å². The molecule has 0 atom stereocenters. The average molecular weight is 852 g/mol. The minimum Gasteiger partial charge on any atom is -0.256 e. The van der Waals surface area contributed by atoms with Crippen molar-refractivity contribution in [2.45, 2.75) is 5.41 Å².